The molecule has 9 heteroatoms. The van der Waals surface area contributed by atoms with Crippen molar-refractivity contribution in [3.8, 4) is 11.3 Å². The van der Waals surface area contributed by atoms with E-state index in [1.165, 1.54) is 4.31 Å². The highest BCUT2D eigenvalue weighted by Crippen LogP contribution is 2.19. The second-order valence-electron chi connectivity index (χ2n) is 5.77. The molecule has 1 amide bonds. The number of hydrogen-bond acceptors (Lipinski definition) is 6. The van der Waals surface area contributed by atoms with Crippen LogP contribution in [0.3, 0.4) is 0 Å². The van der Waals surface area contributed by atoms with Gasteiger partial charge in [0.2, 0.25) is 10.0 Å². The van der Waals surface area contributed by atoms with Crippen LogP contribution in [-0.2, 0) is 14.8 Å². The van der Waals surface area contributed by atoms with Crippen molar-refractivity contribution in [1.82, 2.24) is 14.8 Å². The Labute approximate surface area is 145 Å². The molecule has 134 valence electrons. The Morgan fingerprint density at radius 2 is 2.12 bits per heavy atom. The first-order valence-corrected chi connectivity index (χ1v) is 9.65. The van der Waals surface area contributed by atoms with Gasteiger partial charge in [0.15, 0.2) is 11.5 Å². The Bertz CT molecular complexity index is 834. The predicted octanol–water partition coefficient (Wildman–Crippen LogP) is 0.732. The molecule has 8 nitrogen and oxygen atoms in total. The van der Waals surface area contributed by atoms with Crippen molar-refractivity contribution in [2.24, 2.45) is 0 Å². The minimum absolute atomic E-state index is 0.162. The molecule has 1 fully saturated rings. The summed E-state index contributed by atoms with van der Waals surface area (Å²) in [6, 6.07) is 10.9. The lowest BCUT2D eigenvalue weighted by molar-refractivity contribution is 0.000395. The third-order valence-electron chi connectivity index (χ3n) is 3.86. The molecule has 2 aromatic rings. The zero-order chi connectivity index (χ0) is 17.9. The van der Waals surface area contributed by atoms with Crippen LogP contribution in [0.25, 0.3) is 11.3 Å². The Morgan fingerprint density at radius 1 is 1.36 bits per heavy atom. The van der Waals surface area contributed by atoms with Crippen molar-refractivity contribution in [2.75, 3.05) is 32.5 Å². The summed E-state index contributed by atoms with van der Waals surface area (Å²) in [5, 5.41) is 6.47. The SMILES string of the molecule is CS(=O)(=O)N1CCOC(CNC(=O)c2cc(-c3ccccc3)on2)C1. The first kappa shape index (κ1) is 17.6. The molecule has 25 heavy (non-hydrogen) atoms. The molecule has 0 spiro atoms. The first-order chi connectivity index (χ1) is 11.9. The predicted molar refractivity (Wildman–Crippen MR) is 90.4 cm³/mol. The smallest absolute Gasteiger partial charge is 0.273 e. The van der Waals surface area contributed by atoms with Gasteiger partial charge < -0.3 is 14.6 Å². The van der Waals surface area contributed by atoms with Gasteiger partial charge in [0.25, 0.3) is 5.91 Å². The molecule has 1 atom stereocenters. The Kier molecular flexibility index (Phi) is 5.16. The fraction of sp³-hybridized carbons (Fsp3) is 0.375. The quantitative estimate of drug-likeness (QED) is 0.838. The van der Waals surface area contributed by atoms with Gasteiger partial charge in [-0.1, -0.05) is 35.5 Å². The summed E-state index contributed by atoms with van der Waals surface area (Å²) in [6.07, 6.45) is 0.766. The number of hydrogen-bond donors (Lipinski definition) is 1. The summed E-state index contributed by atoms with van der Waals surface area (Å²) in [4.78, 5) is 12.2. The molecule has 0 radical (unpaired) electrons. The summed E-state index contributed by atoms with van der Waals surface area (Å²) in [6.45, 7) is 1.04. The van der Waals surface area contributed by atoms with Gasteiger partial charge in [0.1, 0.15) is 0 Å². The van der Waals surface area contributed by atoms with Crippen molar-refractivity contribution >= 4 is 15.9 Å². The van der Waals surface area contributed by atoms with Crippen LogP contribution in [-0.4, -0.2) is 62.4 Å². The van der Waals surface area contributed by atoms with E-state index in [4.69, 9.17) is 9.26 Å². The zero-order valence-corrected chi connectivity index (χ0v) is 14.5. The van der Waals surface area contributed by atoms with Gasteiger partial charge in [-0.05, 0) is 0 Å². The minimum Gasteiger partial charge on any atom is -0.374 e. The topological polar surface area (TPSA) is 102 Å². The van der Waals surface area contributed by atoms with E-state index >= 15 is 0 Å². The molecule has 2 heterocycles. The van der Waals surface area contributed by atoms with Gasteiger partial charge in [-0.3, -0.25) is 4.79 Å². The van der Waals surface area contributed by atoms with Crippen molar-refractivity contribution in [2.45, 2.75) is 6.10 Å². The standard InChI is InChI=1S/C16H19N3O5S/c1-25(21,22)19-7-8-23-13(11-19)10-17-16(20)14-9-15(24-18-14)12-5-3-2-4-6-12/h2-6,9,13H,7-8,10-11H2,1H3,(H,17,20). The Balaban J connectivity index is 1.57. The van der Waals surface area contributed by atoms with Gasteiger partial charge in [0, 0.05) is 31.3 Å². The summed E-state index contributed by atoms with van der Waals surface area (Å²) >= 11 is 0. The second-order valence-corrected chi connectivity index (χ2v) is 7.75. The molecule has 1 unspecified atom stereocenters. The van der Waals surface area contributed by atoms with Crippen LogP contribution < -0.4 is 5.32 Å². The fourth-order valence-electron chi connectivity index (χ4n) is 2.53. The minimum atomic E-state index is -3.26. The number of carbonyl (C=O) groups is 1. The van der Waals surface area contributed by atoms with Crippen LogP contribution in [0.4, 0.5) is 0 Å². The van der Waals surface area contributed by atoms with E-state index in [0.717, 1.165) is 11.8 Å². The first-order valence-electron chi connectivity index (χ1n) is 7.80. The number of nitrogens with one attached hydrogen (secondary N) is 1. The largest absolute Gasteiger partial charge is 0.374 e. The molecule has 1 aromatic heterocycles. The zero-order valence-electron chi connectivity index (χ0n) is 13.7. The molecule has 1 aliphatic heterocycles. The molecular formula is C16H19N3O5S. The average molecular weight is 365 g/mol. The molecule has 3 rings (SSSR count). The average Bonchev–Trinajstić information content (AvgIpc) is 3.10. The van der Waals surface area contributed by atoms with E-state index in [1.807, 2.05) is 30.3 Å². The summed E-state index contributed by atoms with van der Waals surface area (Å²) in [5.41, 5.74) is 0.989. The van der Waals surface area contributed by atoms with Crippen LogP contribution in [0, 0.1) is 0 Å². The van der Waals surface area contributed by atoms with E-state index in [1.54, 1.807) is 6.07 Å². The molecule has 0 saturated carbocycles. The summed E-state index contributed by atoms with van der Waals surface area (Å²) in [7, 11) is -3.26. The van der Waals surface area contributed by atoms with E-state index in [-0.39, 0.29) is 18.8 Å². The summed E-state index contributed by atoms with van der Waals surface area (Å²) in [5.74, 6) is 0.105. The second kappa shape index (κ2) is 7.34. The monoisotopic (exact) mass is 365 g/mol. The van der Waals surface area contributed by atoms with E-state index < -0.39 is 22.0 Å². The van der Waals surface area contributed by atoms with Crippen molar-refractivity contribution in [3.05, 3.63) is 42.1 Å². The van der Waals surface area contributed by atoms with E-state index in [9.17, 15) is 13.2 Å². The number of rotatable bonds is 5. The maximum absolute atomic E-state index is 12.2. The van der Waals surface area contributed by atoms with Gasteiger partial charge in [-0.15, -0.1) is 0 Å². The number of carbonyl (C=O) groups excluding carboxylic acids is 1. The van der Waals surface area contributed by atoms with Crippen LogP contribution in [0.5, 0.6) is 0 Å². The van der Waals surface area contributed by atoms with Crippen molar-refractivity contribution in [1.29, 1.82) is 0 Å². The number of nitrogens with zero attached hydrogens (tertiary/aromatic N) is 2. The third kappa shape index (κ3) is 4.44. The highest BCUT2D eigenvalue weighted by Gasteiger charge is 2.27. The lowest BCUT2D eigenvalue weighted by Gasteiger charge is -2.31. The molecule has 1 aromatic carbocycles. The highest BCUT2D eigenvalue weighted by atomic mass is 32.2. The molecule has 0 bridgehead atoms. The fourth-order valence-corrected chi connectivity index (χ4v) is 3.38. The van der Waals surface area contributed by atoms with Crippen LogP contribution in [0.2, 0.25) is 0 Å². The Morgan fingerprint density at radius 3 is 2.84 bits per heavy atom. The maximum Gasteiger partial charge on any atom is 0.273 e. The highest BCUT2D eigenvalue weighted by molar-refractivity contribution is 7.88. The van der Waals surface area contributed by atoms with Gasteiger partial charge in [-0.25, -0.2) is 8.42 Å². The molecule has 1 saturated heterocycles. The van der Waals surface area contributed by atoms with Crippen LogP contribution >= 0.6 is 0 Å². The summed E-state index contributed by atoms with van der Waals surface area (Å²) < 4.78 is 35.2. The molecular weight excluding hydrogens is 346 g/mol. The molecule has 1 aliphatic rings. The van der Waals surface area contributed by atoms with Gasteiger partial charge >= 0.3 is 0 Å². The van der Waals surface area contributed by atoms with Crippen molar-refractivity contribution < 1.29 is 22.5 Å². The van der Waals surface area contributed by atoms with Gasteiger partial charge in [0.05, 0.1) is 19.0 Å². The van der Waals surface area contributed by atoms with E-state index in [0.29, 0.717) is 18.9 Å². The lowest BCUT2D eigenvalue weighted by Crippen LogP contribution is -2.49. The maximum atomic E-state index is 12.2. The number of sulfonamides is 1. The third-order valence-corrected chi connectivity index (χ3v) is 5.13. The molecule has 0 aliphatic carbocycles. The number of aromatic nitrogens is 1. The normalized spacial score (nSPS) is 18.8. The van der Waals surface area contributed by atoms with E-state index in [2.05, 4.69) is 10.5 Å². The number of morpholine rings is 1. The van der Waals surface area contributed by atoms with Crippen LogP contribution in [0.1, 0.15) is 10.5 Å². The van der Waals surface area contributed by atoms with Crippen molar-refractivity contribution in [3.63, 3.8) is 0 Å². The number of ether oxygens (including phenoxy) is 1. The lowest BCUT2D eigenvalue weighted by atomic mass is 10.1. The van der Waals surface area contributed by atoms with Crippen LogP contribution in [0.15, 0.2) is 40.9 Å². The van der Waals surface area contributed by atoms with Gasteiger partial charge in [-0.2, -0.15) is 4.31 Å². The Hall–Kier alpha value is -2.23. The number of benzene rings is 1. The number of amides is 1. The molecule has 1 N–H and O–H groups in total.